The second kappa shape index (κ2) is 7.37. The monoisotopic (exact) mass is 299 g/mol. The zero-order chi connectivity index (χ0) is 15.2. The SMILES string of the molecule is CN(C)CCNC(=O)C(=O)NCC(C)(O)c1cccs1. The Balaban J connectivity index is 2.37. The molecule has 7 heteroatoms. The molecular formula is C13H21N3O3S. The van der Waals surface area contributed by atoms with Gasteiger partial charge in [-0.1, -0.05) is 6.07 Å². The Kier molecular flexibility index (Phi) is 6.12. The second-order valence-corrected chi connectivity index (χ2v) is 5.94. The molecule has 0 aromatic carbocycles. The molecule has 0 aliphatic rings. The normalized spacial score (nSPS) is 13.8. The molecule has 1 aromatic heterocycles. The van der Waals surface area contributed by atoms with Crippen LogP contribution in [0.15, 0.2) is 17.5 Å². The number of rotatable bonds is 6. The van der Waals surface area contributed by atoms with Gasteiger partial charge in [0.15, 0.2) is 0 Å². The molecule has 1 rings (SSSR count). The summed E-state index contributed by atoms with van der Waals surface area (Å²) in [6.45, 7) is 2.66. The highest BCUT2D eigenvalue weighted by Gasteiger charge is 2.26. The summed E-state index contributed by atoms with van der Waals surface area (Å²) >= 11 is 1.40. The van der Waals surface area contributed by atoms with E-state index in [0.29, 0.717) is 13.1 Å². The van der Waals surface area contributed by atoms with Gasteiger partial charge in [0.1, 0.15) is 5.60 Å². The van der Waals surface area contributed by atoms with E-state index < -0.39 is 17.4 Å². The molecule has 0 spiro atoms. The zero-order valence-corrected chi connectivity index (χ0v) is 12.8. The van der Waals surface area contributed by atoms with Gasteiger partial charge in [-0.15, -0.1) is 11.3 Å². The smallest absolute Gasteiger partial charge is 0.309 e. The lowest BCUT2D eigenvalue weighted by atomic mass is 10.1. The van der Waals surface area contributed by atoms with Crippen LogP contribution < -0.4 is 10.6 Å². The average Bonchev–Trinajstić information content (AvgIpc) is 2.90. The third-order valence-corrected chi connectivity index (χ3v) is 3.82. The van der Waals surface area contributed by atoms with Crippen LogP contribution >= 0.6 is 11.3 Å². The summed E-state index contributed by atoms with van der Waals surface area (Å²) in [5, 5.41) is 17.0. The lowest BCUT2D eigenvalue weighted by molar-refractivity contribution is -0.139. The Morgan fingerprint density at radius 3 is 2.55 bits per heavy atom. The van der Waals surface area contributed by atoms with E-state index in [2.05, 4.69) is 10.6 Å². The maximum absolute atomic E-state index is 11.6. The van der Waals surface area contributed by atoms with Crippen LogP contribution in [-0.2, 0) is 15.2 Å². The number of thiophene rings is 1. The van der Waals surface area contributed by atoms with E-state index >= 15 is 0 Å². The molecule has 0 aliphatic carbocycles. The van der Waals surface area contributed by atoms with E-state index in [1.807, 2.05) is 30.4 Å². The Bertz CT molecular complexity index is 444. The number of hydrogen-bond acceptors (Lipinski definition) is 5. The van der Waals surface area contributed by atoms with Crippen LogP contribution in [0.4, 0.5) is 0 Å². The lowest BCUT2D eigenvalue weighted by Crippen LogP contribution is -2.46. The summed E-state index contributed by atoms with van der Waals surface area (Å²) < 4.78 is 0. The Hall–Kier alpha value is -1.44. The summed E-state index contributed by atoms with van der Waals surface area (Å²) in [5.41, 5.74) is -1.17. The molecule has 1 unspecified atom stereocenters. The fourth-order valence-electron chi connectivity index (χ4n) is 1.48. The van der Waals surface area contributed by atoms with Crippen molar-refractivity contribution < 1.29 is 14.7 Å². The molecule has 0 saturated heterocycles. The molecule has 1 aromatic rings. The van der Waals surface area contributed by atoms with Crippen LogP contribution in [0.5, 0.6) is 0 Å². The van der Waals surface area contributed by atoms with Crippen LogP contribution in [0.2, 0.25) is 0 Å². The van der Waals surface area contributed by atoms with Crippen LogP contribution in [-0.4, -0.2) is 55.6 Å². The van der Waals surface area contributed by atoms with Crippen molar-refractivity contribution in [2.45, 2.75) is 12.5 Å². The van der Waals surface area contributed by atoms with Crippen molar-refractivity contribution in [3.8, 4) is 0 Å². The molecule has 0 aliphatic heterocycles. The Morgan fingerprint density at radius 2 is 2.00 bits per heavy atom. The average molecular weight is 299 g/mol. The number of hydrogen-bond donors (Lipinski definition) is 3. The van der Waals surface area contributed by atoms with E-state index in [1.165, 1.54) is 11.3 Å². The highest BCUT2D eigenvalue weighted by molar-refractivity contribution is 7.10. The zero-order valence-electron chi connectivity index (χ0n) is 12.0. The predicted molar refractivity (Wildman–Crippen MR) is 78.5 cm³/mol. The van der Waals surface area contributed by atoms with Crippen molar-refractivity contribution in [3.63, 3.8) is 0 Å². The van der Waals surface area contributed by atoms with Crippen molar-refractivity contribution in [1.82, 2.24) is 15.5 Å². The maximum Gasteiger partial charge on any atom is 0.309 e. The third-order valence-electron chi connectivity index (χ3n) is 2.70. The largest absolute Gasteiger partial charge is 0.383 e. The fraction of sp³-hybridized carbons (Fsp3) is 0.538. The quantitative estimate of drug-likeness (QED) is 0.633. The number of nitrogens with zero attached hydrogens (tertiary/aromatic N) is 1. The van der Waals surface area contributed by atoms with Crippen LogP contribution in [0.25, 0.3) is 0 Å². The number of likely N-dealkylation sites (N-methyl/N-ethyl adjacent to an activating group) is 1. The van der Waals surface area contributed by atoms with Gasteiger partial charge in [0, 0.05) is 18.0 Å². The van der Waals surface area contributed by atoms with Gasteiger partial charge in [0.25, 0.3) is 0 Å². The van der Waals surface area contributed by atoms with Gasteiger partial charge >= 0.3 is 11.8 Å². The highest BCUT2D eigenvalue weighted by atomic mass is 32.1. The van der Waals surface area contributed by atoms with Crippen molar-refractivity contribution in [2.24, 2.45) is 0 Å². The number of carbonyl (C=O) groups excluding carboxylic acids is 2. The molecule has 2 amide bonds. The standard InChI is InChI=1S/C13H21N3O3S/c1-13(19,10-5-4-8-20-10)9-15-12(18)11(17)14-6-7-16(2)3/h4-5,8,19H,6-7,9H2,1-3H3,(H,14,17)(H,15,18). The minimum absolute atomic E-state index is 0.00650. The maximum atomic E-state index is 11.6. The molecular weight excluding hydrogens is 278 g/mol. The summed E-state index contributed by atoms with van der Waals surface area (Å²) in [7, 11) is 3.76. The molecule has 6 nitrogen and oxygen atoms in total. The van der Waals surface area contributed by atoms with E-state index in [0.717, 1.165) is 4.88 Å². The first-order chi connectivity index (χ1) is 9.33. The molecule has 1 heterocycles. The van der Waals surface area contributed by atoms with Gasteiger partial charge in [-0.25, -0.2) is 0 Å². The Labute approximate surface area is 122 Å². The first kappa shape index (κ1) is 16.6. The van der Waals surface area contributed by atoms with Crippen molar-refractivity contribution in [1.29, 1.82) is 0 Å². The van der Waals surface area contributed by atoms with Gasteiger partial charge in [0.2, 0.25) is 0 Å². The highest BCUT2D eigenvalue weighted by Crippen LogP contribution is 2.24. The number of carbonyl (C=O) groups is 2. The van der Waals surface area contributed by atoms with Crippen molar-refractivity contribution >= 4 is 23.2 Å². The van der Waals surface area contributed by atoms with Gasteiger partial charge in [-0.3, -0.25) is 9.59 Å². The summed E-state index contributed by atoms with van der Waals surface area (Å²) in [4.78, 5) is 25.7. The first-order valence-electron chi connectivity index (χ1n) is 6.30. The second-order valence-electron chi connectivity index (χ2n) is 4.99. The predicted octanol–water partition coefficient (Wildman–Crippen LogP) is -0.250. The molecule has 0 fully saturated rings. The van der Waals surface area contributed by atoms with Gasteiger partial charge < -0.3 is 20.6 Å². The van der Waals surface area contributed by atoms with Crippen LogP contribution in [0, 0.1) is 0 Å². The molecule has 1 atom stereocenters. The molecule has 112 valence electrons. The van der Waals surface area contributed by atoms with E-state index in [-0.39, 0.29) is 6.54 Å². The van der Waals surface area contributed by atoms with E-state index in [1.54, 1.807) is 13.0 Å². The van der Waals surface area contributed by atoms with Gasteiger partial charge in [-0.05, 0) is 32.5 Å². The van der Waals surface area contributed by atoms with Gasteiger partial charge in [-0.2, -0.15) is 0 Å². The third kappa shape index (κ3) is 5.28. The van der Waals surface area contributed by atoms with Crippen LogP contribution in [0.1, 0.15) is 11.8 Å². The van der Waals surface area contributed by atoms with Gasteiger partial charge in [0.05, 0.1) is 6.54 Å². The molecule has 0 saturated carbocycles. The first-order valence-corrected chi connectivity index (χ1v) is 7.18. The van der Waals surface area contributed by atoms with E-state index in [9.17, 15) is 14.7 Å². The van der Waals surface area contributed by atoms with E-state index in [4.69, 9.17) is 0 Å². The summed E-state index contributed by atoms with van der Waals surface area (Å²) in [5.74, 6) is -1.42. The fourth-order valence-corrected chi connectivity index (χ4v) is 2.27. The van der Waals surface area contributed by atoms with Crippen molar-refractivity contribution in [3.05, 3.63) is 22.4 Å². The molecule has 0 bridgehead atoms. The minimum atomic E-state index is -1.17. The summed E-state index contributed by atoms with van der Waals surface area (Å²) in [6, 6.07) is 3.61. The lowest BCUT2D eigenvalue weighted by Gasteiger charge is -2.22. The topological polar surface area (TPSA) is 81.7 Å². The Morgan fingerprint density at radius 1 is 1.35 bits per heavy atom. The number of amides is 2. The summed E-state index contributed by atoms with van der Waals surface area (Å²) in [6.07, 6.45) is 0. The minimum Gasteiger partial charge on any atom is -0.383 e. The van der Waals surface area contributed by atoms with Crippen LogP contribution in [0.3, 0.4) is 0 Å². The van der Waals surface area contributed by atoms with Crippen molar-refractivity contribution in [2.75, 3.05) is 33.7 Å². The molecule has 0 radical (unpaired) electrons. The molecule has 20 heavy (non-hydrogen) atoms. The molecule has 3 N–H and O–H groups in total. The number of nitrogens with one attached hydrogen (secondary N) is 2. The number of aliphatic hydroxyl groups is 1.